The second kappa shape index (κ2) is 7.09. The van der Waals surface area contributed by atoms with Gasteiger partial charge < -0.3 is 4.74 Å². The van der Waals surface area contributed by atoms with E-state index in [1.54, 1.807) is 37.4 Å². The second-order valence-electron chi connectivity index (χ2n) is 5.52. The molecule has 1 unspecified atom stereocenters. The lowest BCUT2D eigenvalue weighted by Gasteiger charge is -2.12. The van der Waals surface area contributed by atoms with Crippen LogP contribution in [0.1, 0.15) is 17.3 Å². The Balaban J connectivity index is 1.75. The Morgan fingerprint density at radius 3 is 2.48 bits per heavy atom. The zero-order chi connectivity index (χ0) is 17.8. The fraction of sp³-hybridized carbons (Fsp3) is 0.158. The van der Waals surface area contributed by atoms with Gasteiger partial charge in [0, 0.05) is 6.21 Å². The van der Waals surface area contributed by atoms with Crippen molar-refractivity contribution in [2.45, 2.75) is 6.92 Å². The first-order valence-electron chi connectivity index (χ1n) is 7.77. The number of aliphatic imine (C=N–C) groups is 1. The van der Waals surface area contributed by atoms with Crippen molar-refractivity contribution in [2.75, 3.05) is 12.1 Å². The molecule has 0 fully saturated rings. The van der Waals surface area contributed by atoms with Crippen LogP contribution in [0.15, 0.2) is 64.7 Å². The van der Waals surface area contributed by atoms with Crippen molar-refractivity contribution in [3.63, 3.8) is 0 Å². The topological polar surface area (TPSA) is 71.3 Å². The first-order chi connectivity index (χ1) is 12.1. The summed E-state index contributed by atoms with van der Waals surface area (Å²) in [6, 6.07) is 15.9. The number of methoxy groups -OCH3 is 1. The van der Waals surface area contributed by atoms with Crippen molar-refractivity contribution < 1.29 is 14.3 Å². The van der Waals surface area contributed by atoms with Crippen LogP contribution in [0.25, 0.3) is 0 Å². The lowest BCUT2D eigenvalue weighted by Crippen LogP contribution is -2.27. The maximum Gasteiger partial charge on any atom is 0.337 e. The molecule has 1 aliphatic rings. The Bertz CT molecular complexity index is 842. The summed E-state index contributed by atoms with van der Waals surface area (Å²) < 4.78 is 4.66. The normalized spacial score (nSPS) is 17.0. The molecular weight excluding hydrogens is 318 g/mol. The van der Waals surface area contributed by atoms with Gasteiger partial charge in [-0.1, -0.05) is 18.2 Å². The summed E-state index contributed by atoms with van der Waals surface area (Å²) in [5.41, 5.74) is 2.51. The van der Waals surface area contributed by atoms with Gasteiger partial charge in [-0.25, -0.2) is 4.79 Å². The minimum Gasteiger partial charge on any atom is -0.465 e. The van der Waals surface area contributed by atoms with Gasteiger partial charge in [0.1, 0.15) is 5.92 Å². The molecule has 3 rings (SSSR count). The van der Waals surface area contributed by atoms with E-state index in [1.807, 2.05) is 30.3 Å². The zero-order valence-corrected chi connectivity index (χ0v) is 13.9. The Morgan fingerprint density at radius 2 is 1.84 bits per heavy atom. The molecule has 0 aromatic heterocycles. The Labute approximate surface area is 145 Å². The highest BCUT2D eigenvalue weighted by molar-refractivity contribution is 6.23. The molecule has 0 saturated heterocycles. The fourth-order valence-corrected chi connectivity index (χ4v) is 2.47. The van der Waals surface area contributed by atoms with Gasteiger partial charge in [0.05, 0.1) is 29.8 Å². The lowest BCUT2D eigenvalue weighted by molar-refractivity contribution is -0.118. The summed E-state index contributed by atoms with van der Waals surface area (Å²) in [6.45, 7) is 1.80. The Kier molecular flexibility index (Phi) is 4.70. The van der Waals surface area contributed by atoms with E-state index in [4.69, 9.17) is 0 Å². The number of benzene rings is 2. The third-order valence-electron chi connectivity index (χ3n) is 3.84. The van der Waals surface area contributed by atoms with Crippen LogP contribution >= 0.6 is 0 Å². The average Bonchev–Trinajstić information content (AvgIpc) is 2.94. The number of para-hydroxylation sites is 1. The number of esters is 1. The van der Waals surface area contributed by atoms with Crippen molar-refractivity contribution in [2.24, 2.45) is 16.0 Å². The first-order valence-corrected chi connectivity index (χ1v) is 7.77. The second-order valence-corrected chi connectivity index (χ2v) is 5.52. The van der Waals surface area contributed by atoms with Gasteiger partial charge in [-0.15, -0.1) is 0 Å². The van der Waals surface area contributed by atoms with Crippen LogP contribution in [0.3, 0.4) is 0 Å². The summed E-state index contributed by atoms with van der Waals surface area (Å²) in [7, 11) is 1.33. The molecule has 1 atom stereocenters. The largest absolute Gasteiger partial charge is 0.465 e. The van der Waals surface area contributed by atoms with Gasteiger partial charge in [0.15, 0.2) is 0 Å². The number of anilines is 1. The van der Waals surface area contributed by atoms with Crippen molar-refractivity contribution >= 4 is 35.2 Å². The maximum atomic E-state index is 12.6. The number of carbonyl (C=O) groups is 2. The van der Waals surface area contributed by atoms with E-state index in [2.05, 4.69) is 14.8 Å². The molecule has 0 N–H and O–H groups in total. The number of amides is 1. The van der Waals surface area contributed by atoms with Crippen LogP contribution < -0.4 is 5.01 Å². The molecule has 1 aliphatic heterocycles. The SMILES string of the molecule is COC(=O)c1ccc(N=CC2C(=O)N(c3ccccc3)N=C2C)cc1. The lowest BCUT2D eigenvalue weighted by atomic mass is 10.1. The number of ether oxygens (including phenoxy) is 1. The average molecular weight is 335 g/mol. The molecule has 0 saturated carbocycles. The van der Waals surface area contributed by atoms with E-state index >= 15 is 0 Å². The number of carbonyl (C=O) groups excluding carboxylic acids is 2. The summed E-state index contributed by atoms with van der Waals surface area (Å²) >= 11 is 0. The molecule has 2 aromatic carbocycles. The van der Waals surface area contributed by atoms with Crippen LogP contribution in [0.4, 0.5) is 11.4 Å². The van der Waals surface area contributed by atoms with Crippen LogP contribution in [0.2, 0.25) is 0 Å². The van der Waals surface area contributed by atoms with Crippen molar-refractivity contribution in [1.82, 2.24) is 0 Å². The molecule has 2 aromatic rings. The third kappa shape index (κ3) is 3.47. The van der Waals surface area contributed by atoms with E-state index < -0.39 is 11.9 Å². The molecule has 0 aliphatic carbocycles. The fourth-order valence-electron chi connectivity index (χ4n) is 2.47. The first kappa shape index (κ1) is 16.6. The van der Waals surface area contributed by atoms with E-state index in [1.165, 1.54) is 12.1 Å². The van der Waals surface area contributed by atoms with Crippen LogP contribution in [-0.4, -0.2) is 30.9 Å². The summed E-state index contributed by atoms with van der Waals surface area (Å²) in [6.07, 6.45) is 1.58. The monoisotopic (exact) mass is 335 g/mol. The predicted octanol–water partition coefficient (Wildman–Crippen LogP) is 3.21. The standard InChI is InChI=1S/C19H17N3O3/c1-13-17(18(23)22(21-13)16-6-4-3-5-7-16)12-20-15-10-8-14(9-11-15)19(24)25-2/h3-12,17H,1-2H3. The summed E-state index contributed by atoms with van der Waals surface area (Å²) in [4.78, 5) is 28.3. The quantitative estimate of drug-likeness (QED) is 0.636. The van der Waals surface area contributed by atoms with Crippen molar-refractivity contribution in [3.8, 4) is 0 Å². The minimum absolute atomic E-state index is 0.140. The Hall–Kier alpha value is -3.28. The molecule has 1 heterocycles. The highest BCUT2D eigenvalue weighted by Crippen LogP contribution is 2.23. The molecule has 126 valence electrons. The number of hydrogen-bond donors (Lipinski definition) is 0. The van der Waals surface area contributed by atoms with E-state index in [0.29, 0.717) is 17.0 Å². The van der Waals surface area contributed by atoms with Gasteiger partial charge in [-0.05, 0) is 43.3 Å². The number of nitrogens with zero attached hydrogens (tertiary/aromatic N) is 3. The molecular formula is C19H17N3O3. The molecule has 6 heteroatoms. The molecule has 1 amide bonds. The van der Waals surface area contributed by atoms with E-state index in [0.717, 1.165) is 5.69 Å². The highest BCUT2D eigenvalue weighted by Gasteiger charge is 2.33. The number of hydrogen-bond acceptors (Lipinski definition) is 5. The smallest absolute Gasteiger partial charge is 0.337 e. The van der Waals surface area contributed by atoms with Crippen LogP contribution in [0.5, 0.6) is 0 Å². The number of hydrazone groups is 1. The minimum atomic E-state index is -0.500. The van der Waals surface area contributed by atoms with Crippen LogP contribution in [0, 0.1) is 5.92 Å². The van der Waals surface area contributed by atoms with Crippen LogP contribution in [-0.2, 0) is 9.53 Å². The molecule has 0 radical (unpaired) electrons. The van der Waals surface area contributed by atoms with E-state index in [9.17, 15) is 9.59 Å². The molecule has 0 spiro atoms. The van der Waals surface area contributed by atoms with Crippen molar-refractivity contribution in [1.29, 1.82) is 0 Å². The summed E-state index contributed by atoms with van der Waals surface area (Å²) in [5, 5.41) is 5.73. The van der Waals surface area contributed by atoms with Gasteiger partial charge >= 0.3 is 5.97 Å². The molecule has 0 bridgehead atoms. The number of rotatable bonds is 4. The maximum absolute atomic E-state index is 12.6. The van der Waals surface area contributed by atoms with Gasteiger partial charge in [0.25, 0.3) is 5.91 Å². The van der Waals surface area contributed by atoms with Gasteiger partial charge in [-0.2, -0.15) is 10.1 Å². The zero-order valence-electron chi connectivity index (χ0n) is 13.9. The highest BCUT2D eigenvalue weighted by atomic mass is 16.5. The van der Waals surface area contributed by atoms with Crippen molar-refractivity contribution in [3.05, 3.63) is 60.2 Å². The Morgan fingerprint density at radius 1 is 1.16 bits per heavy atom. The van der Waals surface area contributed by atoms with E-state index in [-0.39, 0.29) is 5.91 Å². The molecule has 6 nitrogen and oxygen atoms in total. The van der Waals surface area contributed by atoms with Gasteiger partial charge in [-0.3, -0.25) is 9.79 Å². The molecule has 25 heavy (non-hydrogen) atoms. The third-order valence-corrected chi connectivity index (χ3v) is 3.84. The summed E-state index contributed by atoms with van der Waals surface area (Å²) in [5.74, 6) is -1.04. The predicted molar refractivity (Wildman–Crippen MR) is 96.5 cm³/mol. The van der Waals surface area contributed by atoms with Gasteiger partial charge in [0.2, 0.25) is 0 Å².